The van der Waals surface area contributed by atoms with Gasteiger partial charge in [0, 0.05) is 24.8 Å². The van der Waals surface area contributed by atoms with Crippen LogP contribution in [0.15, 0.2) is 18.2 Å². The minimum Gasteiger partial charge on any atom is -0.360 e. The van der Waals surface area contributed by atoms with E-state index in [0.717, 1.165) is 31.2 Å². The van der Waals surface area contributed by atoms with Crippen molar-refractivity contribution in [2.24, 2.45) is 0 Å². The molecule has 0 radical (unpaired) electrons. The lowest BCUT2D eigenvalue weighted by Crippen LogP contribution is -3.19. The van der Waals surface area contributed by atoms with Crippen LogP contribution in [0, 0.1) is 6.92 Å². The number of benzene rings is 1. The Bertz CT molecular complexity index is 510. The summed E-state index contributed by atoms with van der Waals surface area (Å²) in [6.07, 6.45) is 0. The molecule has 0 bridgehead atoms. The maximum atomic E-state index is 12.1. The number of nitrogens with one attached hydrogen (secondary N) is 1. The van der Waals surface area contributed by atoms with Crippen LogP contribution in [-0.4, -0.2) is 57.1 Å². The highest BCUT2D eigenvalue weighted by atomic mass is 35.5. The summed E-state index contributed by atoms with van der Waals surface area (Å²) in [5.41, 5.74) is 2.47. The predicted octanol–water partition coefficient (Wildman–Crippen LogP) is 0.830. The second-order valence-electron chi connectivity index (χ2n) is 6.03. The SMILES string of the molecule is Cc1ccc(Cl)cc1N1CC[NH+]([C@H](C)C(=O)N(C)C)CC1. The van der Waals surface area contributed by atoms with Crippen molar-refractivity contribution in [1.82, 2.24) is 4.90 Å². The molecule has 1 aliphatic rings. The number of carbonyl (C=O) groups is 1. The van der Waals surface area contributed by atoms with Crippen molar-refractivity contribution in [3.05, 3.63) is 28.8 Å². The largest absolute Gasteiger partial charge is 0.360 e. The summed E-state index contributed by atoms with van der Waals surface area (Å²) >= 11 is 6.11. The first kappa shape index (κ1) is 16.1. The van der Waals surface area contributed by atoms with Gasteiger partial charge < -0.3 is 14.7 Å². The Morgan fingerprint density at radius 2 is 1.95 bits per heavy atom. The maximum absolute atomic E-state index is 12.1. The number of hydrogen-bond acceptors (Lipinski definition) is 2. The fraction of sp³-hybridized carbons (Fsp3) is 0.562. The number of piperazine rings is 1. The molecule has 1 N–H and O–H groups in total. The summed E-state index contributed by atoms with van der Waals surface area (Å²) in [5, 5.41) is 0.779. The second-order valence-corrected chi connectivity index (χ2v) is 6.47. The van der Waals surface area contributed by atoms with Gasteiger partial charge in [0.05, 0.1) is 26.2 Å². The van der Waals surface area contributed by atoms with E-state index in [-0.39, 0.29) is 11.9 Å². The second kappa shape index (κ2) is 6.67. The summed E-state index contributed by atoms with van der Waals surface area (Å²) in [7, 11) is 3.65. The fourth-order valence-corrected chi connectivity index (χ4v) is 3.12. The molecule has 0 unspecified atom stereocenters. The molecule has 0 aliphatic carbocycles. The topological polar surface area (TPSA) is 28.0 Å². The highest BCUT2D eigenvalue weighted by molar-refractivity contribution is 6.30. The third-order valence-electron chi connectivity index (χ3n) is 4.34. The number of nitrogens with zero attached hydrogens (tertiary/aromatic N) is 2. The molecule has 1 fully saturated rings. The molecule has 1 amide bonds. The van der Waals surface area contributed by atoms with Gasteiger partial charge in [-0.2, -0.15) is 0 Å². The molecule has 1 heterocycles. The number of rotatable bonds is 3. The van der Waals surface area contributed by atoms with Crippen LogP contribution in [0.3, 0.4) is 0 Å². The van der Waals surface area contributed by atoms with Gasteiger partial charge in [-0.1, -0.05) is 17.7 Å². The van der Waals surface area contributed by atoms with E-state index in [1.54, 1.807) is 4.90 Å². The predicted molar refractivity (Wildman–Crippen MR) is 87.3 cm³/mol. The van der Waals surface area contributed by atoms with Crippen LogP contribution in [0.4, 0.5) is 5.69 Å². The Morgan fingerprint density at radius 1 is 1.33 bits per heavy atom. The van der Waals surface area contributed by atoms with Crippen LogP contribution in [0.1, 0.15) is 12.5 Å². The molecule has 21 heavy (non-hydrogen) atoms. The molecule has 1 aliphatic heterocycles. The van der Waals surface area contributed by atoms with E-state index in [1.807, 2.05) is 33.2 Å². The van der Waals surface area contributed by atoms with Crippen LogP contribution in [0.2, 0.25) is 5.02 Å². The van der Waals surface area contributed by atoms with Gasteiger partial charge in [-0.25, -0.2) is 0 Å². The van der Waals surface area contributed by atoms with E-state index in [9.17, 15) is 4.79 Å². The third-order valence-corrected chi connectivity index (χ3v) is 4.58. The van der Waals surface area contributed by atoms with Gasteiger partial charge in [0.2, 0.25) is 0 Å². The van der Waals surface area contributed by atoms with E-state index < -0.39 is 0 Å². The number of hydrogen-bond donors (Lipinski definition) is 1. The Balaban J connectivity index is 2.00. The van der Waals surface area contributed by atoms with Crippen LogP contribution in [0.5, 0.6) is 0 Å². The number of aryl methyl sites for hydroxylation is 1. The molecule has 1 aromatic rings. The Kier molecular flexibility index (Phi) is 5.12. The summed E-state index contributed by atoms with van der Waals surface area (Å²) in [5.74, 6) is 0.206. The van der Waals surface area contributed by atoms with Crippen molar-refractivity contribution in [1.29, 1.82) is 0 Å². The smallest absolute Gasteiger partial charge is 0.280 e. The van der Waals surface area contributed by atoms with Crippen molar-refractivity contribution >= 4 is 23.2 Å². The van der Waals surface area contributed by atoms with Crippen LogP contribution >= 0.6 is 11.6 Å². The van der Waals surface area contributed by atoms with Crippen LogP contribution < -0.4 is 9.80 Å². The first-order chi connectivity index (χ1) is 9.90. The molecule has 0 spiro atoms. The van der Waals surface area contributed by atoms with Crippen molar-refractivity contribution in [3.8, 4) is 0 Å². The third kappa shape index (κ3) is 3.69. The average Bonchev–Trinajstić information content (AvgIpc) is 2.48. The Morgan fingerprint density at radius 3 is 2.52 bits per heavy atom. The van der Waals surface area contributed by atoms with Crippen LogP contribution in [0.25, 0.3) is 0 Å². The zero-order chi connectivity index (χ0) is 15.6. The van der Waals surface area contributed by atoms with Gasteiger partial charge in [-0.3, -0.25) is 4.79 Å². The van der Waals surface area contributed by atoms with Gasteiger partial charge in [0.25, 0.3) is 5.91 Å². The lowest BCUT2D eigenvalue weighted by molar-refractivity contribution is -0.915. The summed E-state index contributed by atoms with van der Waals surface area (Å²) in [6.45, 7) is 8.02. The number of amides is 1. The highest BCUT2D eigenvalue weighted by Crippen LogP contribution is 2.24. The number of likely N-dealkylation sites (N-methyl/N-ethyl adjacent to an activating group) is 1. The average molecular weight is 311 g/mol. The lowest BCUT2D eigenvalue weighted by Gasteiger charge is -2.37. The summed E-state index contributed by atoms with van der Waals surface area (Å²) in [6, 6.07) is 6.06. The molecule has 4 nitrogen and oxygen atoms in total. The summed E-state index contributed by atoms with van der Waals surface area (Å²) < 4.78 is 0. The lowest BCUT2D eigenvalue weighted by atomic mass is 10.1. The molecular formula is C16H25ClN3O+. The Labute approximate surface area is 132 Å². The number of anilines is 1. The fourth-order valence-electron chi connectivity index (χ4n) is 2.95. The number of quaternary nitrogens is 1. The molecule has 2 rings (SSSR count). The molecular weight excluding hydrogens is 286 g/mol. The normalized spacial score (nSPS) is 17.7. The molecule has 1 aromatic carbocycles. The molecule has 5 heteroatoms. The van der Waals surface area contributed by atoms with E-state index in [1.165, 1.54) is 16.2 Å². The van der Waals surface area contributed by atoms with E-state index in [2.05, 4.69) is 17.9 Å². The standard InChI is InChI=1S/C16H24ClN3O/c1-12-5-6-14(17)11-15(12)20-9-7-19(8-10-20)13(2)16(21)18(3)4/h5-6,11,13H,7-10H2,1-4H3/p+1/t13-/m1/s1. The monoisotopic (exact) mass is 310 g/mol. The number of halogens is 1. The van der Waals surface area contributed by atoms with E-state index in [0.29, 0.717) is 0 Å². The first-order valence-electron chi connectivity index (χ1n) is 7.47. The minimum absolute atomic E-state index is 0.0302. The molecule has 116 valence electrons. The van der Waals surface area contributed by atoms with Gasteiger partial charge in [-0.15, -0.1) is 0 Å². The van der Waals surface area contributed by atoms with Crippen molar-refractivity contribution in [3.63, 3.8) is 0 Å². The van der Waals surface area contributed by atoms with Gasteiger partial charge in [-0.05, 0) is 31.5 Å². The van der Waals surface area contributed by atoms with Crippen molar-refractivity contribution < 1.29 is 9.69 Å². The molecule has 0 aromatic heterocycles. The van der Waals surface area contributed by atoms with E-state index >= 15 is 0 Å². The quantitative estimate of drug-likeness (QED) is 0.896. The maximum Gasteiger partial charge on any atom is 0.280 e. The molecule has 1 atom stereocenters. The number of carbonyl (C=O) groups excluding carboxylic acids is 1. The van der Waals surface area contributed by atoms with Gasteiger partial charge in [0.1, 0.15) is 0 Å². The summed E-state index contributed by atoms with van der Waals surface area (Å²) in [4.78, 5) is 17.5. The Hall–Kier alpha value is -1.26. The minimum atomic E-state index is 0.0302. The van der Waals surface area contributed by atoms with Gasteiger partial charge in [0.15, 0.2) is 6.04 Å². The van der Waals surface area contributed by atoms with Crippen molar-refractivity contribution in [2.45, 2.75) is 19.9 Å². The first-order valence-corrected chi connectivity index (χ1v) is 7.85. The zero-order valence-corrected chi connectivity index (χ0v) is 14.1. The van der Waals surface area contributed by atoms with Crippen LogP contribution in [-0.2, 0) is 4.79 Å². The zero-order valence-electron chi connectivity index (χ0n) is 13.3. The highest BCUT2D eigenvalue weighted by Gasteiger charge is 2.30. The molecule has 0 saturated carbocycles. The van der Waals surface area contributed by atoms with Gasteiger partial charge >= 0.3 is 0 Å². The van der Waals surface area contributed by atoms with Crippen molar-refractivity contribution in [2.75, 3.05) is 45.2 Å². The van der Waals surface area contributed by atoms with E-state index in [4.69, 9.17) is 11.6 Å². The molecule has 1 saturated heterocycles.